The SMILES string of the molecule is CC[C@H](C)c1ccc(NC(=O)COC(=O)Cc2cn3ccsc3n2)cc1. The topological polar surface area (TPSA) is 72.7 Å². The summed E-state index contributed by atoms with van der Waals surface area (Å²) < 4.78 is 6.89. The van der Waals surface area contributed by atoms with Gasteiger partial charge in [0.05, 0.1) is 12.1 Å². The molecule has 1 atom stereocenters. The lowest BCUT2D eigenvalue weighted by Gasteiger charge is -2.10. The molecule has 0 bridgehead atoms. The van der Waals surface area contributed by atoms with Crippen molar-refractivity contribution in [1.82, 2.24) is 9.38 Å². The average molecular weight is 371 g/mol. The van der Waals surface area contributed by atoms with E-state index in [1.54, 1.807) is 6.20 Å². The number of fused-ring (bicyclic) bond motifs is 1. The van der Waals surface area contributed by atoms with Gasteiger partial charge in [-0.2, -0.15) is 0 Å². The quantitative estimate of drug-likeness (QED) is 0.644. The number of amides is 1. The minimum absolute atomic E-state index is 0.0469. The van der Waals surface area contributed by atoms with Gasteiger partial charge >= 0.3 is 5.97 Å². The third kappa shape index (κ3) is 4.49. The van der Waals surface area contributed by atoms with E-state index in [0.717, 1.165) is 11.4 Å². The van der Waals surface area contributed by atoms with E-state index in [0.29, 0.717) is 17.3 Å². The van der Waals surface area contributed by atoms with Crippen LogP contribution in [0.2, 0.25) is 0 Å². The zero-order chi connectivity index (χ0) is 18.5. The van der Waals surface area contributed by atoms with E-state index < -0.39 is 5.97 Å². The highest BCUT2D eigenvalue weighted by molar-refractivity contribution is 7.15. The van der Waals surface area contributed by atoms with Crippen molar-refractivity contribution in [2.75, 3.05) is 11.9 Å². The largest absolute Gasteiger partial charge is 0.455 e. The van der Waals surface area contributed by atoms with Crippen LogP contribution in [0.3, 0.4) is 0 Å². The second-order valence-corrected chi connectivity index (χ2v) is 7.02. The number of rotatable bonds is 7. The zero-order valence-electron chi connectivity index (χ0n) is 14.8. The Labute approximate surface area is 155 Å². The average Bonchev–Trinajstić information content (AvgIpc) is 3.21. The van der Waals surface area contributed by atoms with Gasteiger partial charge in [-0.25, -0.2) is 4.98 Å². The van der Waals surface area contributed by atoms with Crippen LogP contribution < -0.4 is 5.32 Å². The molecule has 2 aromatic heterocycles. The predicted molar refractivity (Wildman–Crippen MR) is 102 cm³/mol. The van der Waals surface area contributed by atoms with Crippen LogP contribution in [0.15, 0.2) is 42.0 Å². The zero-order valence-corrected chi connectivity index (χ0v) is 15.6. The molecular formula is C19H21N3O3S. The molecule has 1 N–H and O–H groups in total. The molecule has 136 valence electrons. The Morgan fingerprint density at radius 3 is 2.77 bits per heavy atom. The second-order valence-electron chi connectivity index (χ2n) is 6.14. The number of ether oxygens (including phenoxy) is 1. The molecule has 1 aromatic carbocycles. The standard InChI is InChI=1S/C19H21N3O3S/c1-3-13(2)14-4-6-15(7-5-14)20-17(23)12-25-18(24)10-16-11-22-8-9-26-19(22)21-16/h4-9,11,13H,3,10,12H2,1-2H3,(H,20,23)/t13-/m0/s1. The molecule has 26 heavy (non-hydrogen) atoms. The molecule has 0 unspecified atom stereocenters. The molecule has 0 radical (unpaired) electrons. The lowest BCUT2D eigenvalue weighted by atomic mass is 9.99. The van der Waals surface area contributed by atoms with Gasteiger partial charge in [0.2, 0.25) is 0 Å². The predicted octanol–water partition coefficient (Wildman–Crippen LogP) is 3.63. The third-order valence-corrected chi connectivity index (χ3v) is 4.98. The highest BCUT2D eigenvalue weighted by Crippen LogP contribution is 2.20. The van der Waals surface area contributed by atoms with Crippen molar-refractivity contribution in [1.29, 1.82) is 0 Å². The van der Waals surface area contributed by atoms with Gasteiger partial charge in [-0.3, -0.25) is 14.0 Å². The molecule has 3 rings (SSSR count). The third-order valence-electron chi connectivity index (χ3n) is 4.21. The monoisotopic (exact) mass is 371 g/mol. The fourth-order valence-corrected chi connectivity index (χ4v) is 3.25. The molecule has 0 aliphatic heterocycles. The van der Waals surface area contributed by atoms with Crippen molar-refractivity contribution in [2.24, 2.45) is 0 Å². The first-order chi connectivity index (χ1) is 12.5. The van der Waals surface area contributed by atoms with Crippen LogP contribution in [0.5, 0.6) is 0 Å². The van der Waals surface area contributed by atoms with E-state index in [1.165, 1.54) is 16.9 Å². The Morgan fingerprint density at radius 1 is 1.31 bits per heavy atom. The van der Waals surface area contributed by atoms with Crippen LogP contribution in [-0.4, -0.2) is 27.9 Å². The van der Waals surface area contributed by atoms with Gasteiger partial charge < -0.3 is 10.1 Å². The number of nitrogens with one attached hydrogen (secondary N) is 1. The maximum absolute atomic E-state index is 11.9. The lowest BCUT2D eigenvalue weighted by molar-refractivity contribution is -0.146. The summed E-state index contributed by atoms with van der Waals surface area (Å²) in [5, 5.41) is 4.65. The molecule has 3 aromatic rings. The lowest BCUT2D eigenvalue weighted by Crippen LogP contribution is -2.21. The van der Waals surface area contributed by atoms with E-state index >= 15 is 0 Å². The van der Waals surface area contributed by atoms with E-state index in [9.17, 15) is 9.59 Å². The summed E-state index contributed by atoms with van der Waals surface area (Å²) in [5.41, 5.74) is 2.55. The fourth-order valence-electron chi connectivity index (χ4n) is 2.53. The number of esters is 1. The summed E-state index contributed by atoms with van der Waals surface area (Å²) in [7, 11) is 0. The maximum atomic E-state index is 11.9. The van der Waals surface area contributed by atoms with Crippen molar-refractivity contribution in [3.05, 3.63) is 53.3 Å². The number of carbonyl (C=O) groups excluding carboxylic acids is 2. The normalized spacial score (nSPS) is 12.1. The summed E-state index contributed by atoms with van der Waals surface area (Å²) in [6, 6.07) is 7.72. The molecule has 2 heterocycles. The number of hydrogen-bond donors (Lipinski definition) is 1. The molecule has 0 fully saturated rings. The van der Waals surface area contributed by atoms with Crippen molar-refractivity contribution in [3.8, 4) is 0 Å². The Bertz CT molecular complexity index is 870. The summed E-state index contributed by atoms with van der Waals surface area (Å²) in [5.74, 6) is -0.350. The molecule has 0 saturated heterocycles. The summed E-state index contributed by atoms with van der Waals surface area (Å²) in [6.07, 6.45) is 4.77. The summed E-state index contributed by atoms with van der Waals surface area (Å²) >= 11 is 1.49. The fraction of sp³-hybridized carbons (Fsp3) is 0.316. The summed E-state index contributed by atoms with van der Waals surface area (Å²) in [6.45, 7) is 3.99. The first-order valence-corrected chi connectivity index (χ1v) is 9.39. The second kappa shape index (κ2) is 8.14. The van der Waals surface area contributed by atoms with Crippen molar-refractivity contribution < 1.29 is 14.3 Å². The molecule has 0 aliphatic rings. The minimum atomic E-state index is -0.474. The van der Waals surface area contributed by atoms with Gasteiger partial charge in [-0.1, -0.05) is 26.0 Å². The smallest absolute Gasteiger partial charge is 0.312 e. The van der Waals surface area contributed by atoms with Gasteiger partial charge in [0, 0.05) is 23.5 Å². The molecule has 0 saturated carbocycles. The van der Waals surface area contributed by atoms with Crippen molar-refractivity contribution >= 4 is 33.9 Å². The van der Waals surface area contributed by atoms with Crippen LogP contribution >= 0.6 is 11.3 Å². The molecule has 0 spiro atoms. The van der Waals surface area contributed by atoms with Gasteiger partial charge in [-0.05, 0) is 30.0 Å². The first-order valence-electron chi connectivity index (χ1n) is 8.51. The number of imidazole rings is 1. The van der Waals surface area contributed by atoms with Crippen molar-refractivity contribution in [3.63, 3.8) is 0 Å². The highest BCUT2D eigenvalue weighted by Gasteiger charge is 2.12. The number of benzene rings is 1. The Hall–Kier alpha value is -2.67. The number of anilines is 1. The molecule has 1 amide bonds. The van der Waals surface area contributed by atoms with E-state index in [-0.39, 0.29) is 18.9 Å². The van der Waals surface area contributed by atoms with Gasteiger partial charge in [-0.15, -0.1) is 11.3 Å². The van der Waals surface area contributed by atoms with Crippen LogP contribution in [0.4, 0.5) is 5.69 Å². The maximum Gasteiger partial charge on any atom is 0.312 e. The molecule has 6 nitrogen and oxygen atoms in total. The number of nitrogens with zero attached hydrogens (tertiary/aromatic N) is 2. The highest BCUT2D eigenvalue weighted by atomic mass is 32.1. The molecule has 0 aliphatic carbocycles. The van der Waals surface area contributed by atoms with E-state index in [4.69, 9.17) is 4.74 Å². The van der Waals surface area contributed by atoms with Crippen LogP contribution in [0.25, 0.3) is 4.96 Å². The van der Waals surface area contributed by atoms with Gasteiger partial charge in [0.1, 0.15) is 0 Å². The van der Waals surface area contributed by atoms with Crippen LogP contribution in [0.1, 0.15) is 37.4 Å². The number of thiazole rings is 1. The number of hydrogen-bond acceptors (Lipinski definition) is 5. The minimum Gasteiger partial charge on any atom is -0.455 e. The van der Waals surface area contributed by atoms with E-state index in [1.807, 2.05) is 40.2 Å². The molecular weight excluding hydrogens is 350 g/mol. The number of carbonyl (C=O) groups is 2. The first kappa shape index (κ1) is 18.1. The Balaban J connectivity index is 1.45. The number of aromatic nitrogens is 2. The van der Waals surface area contributed by atoms with E-state index in [2.05, 4.69) is 24.1 Å². The van der Waals surface area contributed by atoms with Crippen molar-refractivity contribution in [2.45, 2.75) is 32.6 Å². The van der Waals surface area contributed by atoms with Gasteiger partial charge in [0.25, 0.3) is 5.91 Å². The Kier molecular flexibility index (Phi) is 5.68. The van der Waals surface area contributed by atoms with Crippen LogP contribution in [0, 0.1) is 0 Å². The molecule has 7 heteroatoms. The van der Waals surface area contributed by atoms with Crippen LogP contribution in [-0.2, 0) is 20.7 Å². The van der Waals surface area contributed by atoms with Gasteiger partial charge in [0.15, 0.2) is 11.6 Å². The summed E-state index contributed by atoms with van der Waals surface area (Å²) in [4.78, 5) is 29.0. The Morgan fingerprint density at radius 2 is 2.08 bits per heavy atom.